The Morgan fingerprint density at radius 2 is 1.47 bits per heavy atom. The first-order chi connectivity index (χ1) is 22.0. The Kier molecular flexibility index (Phi) is 5.15. The number of fused-ring (bicyclic) bond motifs is 10. The fourth-order valence-corrected chi connectivity index (χ4v) is 7.98. The van der Waals surface area contributed by atoms with Gasteiger partial charge in [-0.15, -0.1) is 0 Å². The van der Waals surface area contributed by atoms with Gasteiger partial charge in [-0.1, -0.05) is 92.7 Å². The quantitative estimate of drug-likeness (QED) is 0.193. The predicted octanol–water partition coefficient (Wildman–Crippen LogP) is 11.1. The SMILES string of the molecule is [C-]#[N+]c1ccc2c(c1)-c1ccccc1C2c1cc(C#N)ccc1-c1ccc2oc3c4c(ccc3c2c1)-c1ccccc1C4(C)C. The first kappa shape index (κ1) is 25.6. The Hall–Kier alpha value is -5.90. The van der Waals surface area contributed by atoms with Crippen molar-refractivity contribution in [3.63, 3.8) is 0 Å². The lowest BCUT2D eigenvalue weighted by Crippen LogP contribution is -2.15. The van der Waals surface area contributed by atoms with Crippen molar-refractivity contribution in [2.24, 2.45) is 0 Å². The third kappa shape index (κ3) is 3.44. The van der Waals surface area contributed by atoms with E-state index in [0.29, 0.717) is 11.3 Å². The highest BCUT2D eigenvalue weighted by molar-refractivity contribution is 6.10. The summed E-state index contributed by atoms with van der Waals surface area (Å²) in [5.74, 6) is -0.0568. The predicted molar refractivity (Wildman–Crippen MR) is 181 cm³/mol. The zero-order chi connectivity index (χ0) is 30.4. The van der Waals surface area contributed by atoms with Gasteiger partial charge in [-0.3, -0.25) is 0 Å². The van der Waals surface area contributed by atoms with Crippen LogP contribution in [0.1, 0.15) is 53.1 Å². The molecule has 1 aromatic heterocycles. The van der Waals surface area contributed by atoms with Crippen LogP contribution in [0.3, 0.4) is 0 Å². The summed E-state index contributed by atoms with van der Waals surface area (Å²) >= 11 is 0. The minimum atomic E-state index is -0.168. The molecule has 0 N–H and O–H groups in total. The smallest absolute Gasteiger partial charge is 0.187 e. The third-order valence-electron chi connectivity index (χ3n) is 10.00. The Morgan fingerprint density at radius 1 is 0.689 bits per heavy atom. The second kappa shape index (κ2) is 9.06. The van der Waals surface area contributed by atoms with Gasteiger partial charge < -0.3 is 4.42 Å². The molecule has 1 heterocycles. The summed E-state index contributed by atoms with van der Waals surface area (Å²) in [5.41, 5.74) is 15.9. The van der Waals surface area contributed by atoms with Gasteiger partial charge in [-0.05, 0) is 92.0 Å². The van der Waals surface area contributed by atoms with Gasteiger partial charge >= 0.3 is 0 Å². The van der Waals surface area contributed by atoms with Crippen LogP contribution in [0, 0.1) is 17.9 Å². The lowest BCUT2D eigenvalue weighted by Gasteiger charge is -2.21. The van der Waals surface area contributed by atoms with E-state index < -0.39 is 0 Å². The molecule has 7 aromatic rings. The number of nitrogens with zero attached hydrogens (tertiary/aromatic N) is 2. The van der Waals surface area contributed by atoms with E-state index in [1.807, 2.05) is 24.3 Å². The molecule has 0 radical (unpaired) electrons. The van der Waals surface area contributed by atoms with Crippen molar-refractivity contribution in [2.75, 3.05) is 0 Å². The highest BCUT2D eigenvalue weighted by Gasteiger charge is 2.38. The second-order valence-corrected chi connectivity index (χ2v) is 12.7. The average molecular weight is 575 g/mol. The van der Waals surface area contributed by atoms with Crippen molar-refractivity contribution in [1.29, 1.82) is 5.26 Å². The van der Waals surface area contributed by atoms with Crippen LogP contribution in [0.2, 0.25) is 0 Å². The lowest BCUT2D eigenvalue weighted by atomic mass is 9.81. The highest BCUT2D eigenvalue weighted by atomic mass is 16.3. The van der Waals surface area contributed by atoms with Crippen molar-refractivity contribution in [1.82, 2.24) is 0 Å². The number of nitriles is 1. The van der Waals surface area contributed by atoms with Crippen molar-refractivity contribution in [3.05, 3.63) is 160 Å². The van der Waals surface area contributed by atoms with Crippen LogP contribution < -0.4 is 0 Å². The molecule has 0 saturated carbocycles. The van der Waals surface area contributed by atoms with E-state index >= 15 is 0 Å². The van der Waals surface area contributed by atoms with E-state index in [1.165, 1.54) is 27.8 Å². The standard InChI is InChI=1S/C42H26N2O/c1-42(2)37-11-7-6-9-29(37)32-17-18-33-35-21-25(13-19-38(35)45-41(33)40(32)42)27-15-12-24(23-43)20-36(27)39-30-10-5-4-8-28(30)34-22-26(44-3)14-16-31(34)39/h4-22,39H,1-2H3. The van der Waals surface area contributed by atoms with Crippen LogP contribution in [0.5, 0.6) is 0 Å². The molecule has 210 valence electrons. The molecule has 0 fully saturated rings. The molecule has 45 heavy (non-hydrogen) atoms. The van der Waals surface area contributed by atoms with Crippen molar-refractivity contribution < 1.29 is 4.42 Å². The molecule has 2 aliphatic rings. The van der Waals surface area contributed by atoms with Crippen molar-refractivity contribution in [3.8, 4) is 39.4 Å². The first-order valence-corrected chi connectivity index (χ1v) is 15.2. The van der Waals surface area contributed by atoms with Crippen LogP contribution in [0.25, 0.3) is 60.2 Å². The molecular formula is C42H26N2O. The molecule has 1 unspecified atom stereocenters. The number of rotatable bonds is 2. The summed E-state index contributed by atoms with van der Waals surface area (Å²) in [6, 6.07) is 42.4. The Labute approximate surface area is 261 Å². The van der Waals surface area contributed by atoms with Crippen molar-refractivity contribution >= 4 is 27.6 Å². The maximum Gasteiger partial charge on any atom is 0.187 e. The van der Waals surface area contributed by atoms with E-state index in [4.69, 9.17) is 11.0 Å². The Bertz CT molecular complexity index is 2500. The molecule has 0 saturated heterocycles. The minimum absolute atomic E-state index is 0.0568. The fourth-order valence-electron chi connectivity index (χ4n) is 7.98. The van der Waals surface area contributed by atoms with Gasteiger partial charge in [0.05, 0.1) is 18.2 Å². The number of hydrogen-bond acceptors (Lipinski definition) is 2. The highest BCUT2D eigenvalue weighted by Crippen LogP contribution is 2.54. The van der Waals surface area contributed by atoms with Gasteiger partial charge in [-0.25, -0.2) is 4.85 Å². The van der Waals surface area contributed by atoms with Gasteiger partial charge in [0.25, 0.3) is 0 Å². The molecule has 1 atom stereocenters. The van der Waals surface area contributed by atoms with Gasteiger partial charge in [0.15, 0.2) is 5.69 Å². The summed E-state index contributed by atoms with van der Waals surface area (Å²) < 4.78 is 6.67. The minimum Gasteiger partial charge on any atom is -0.456 e. The molecule has 0 amide bonds. The van der Waals surface area contributed by atoms with Gasteiger partial charge in [0, 0.05) is 27.7 Å². The molecular weight excluding hydrogens is 548 g/mol. The number of benzene rings is 6. The van der Waals surface area contributed by atoms with Gasteiger partial charge in [0.1, 0.15) is 11.2 Å². The zero-order valence-corrected chi connectivity index (χ0v) is 24.8. The Morgan fingerprint density at radius 3 is 2.31 bits per heavy atom. The largest absolute Gasteiger partial charge is 0.456 e. The number of furan rings is 1. The summed E-state index contributed by atoms with van der Waals surface area (Å²) in [4.78, 5) is 3.70. The van der Waals surface area contributed by atoms with Crippen LogP contribution in [-0.2, 0) is 5.41 Å². The normalized spacial score (nSPS) is 15.2. The molecule has 0 aliphatic heterocycles. The molecule has 0 spiro atoms. The van der Waals surface area contributed by atoms with E-state index in [0.717, 1.165) is 55.3 Å². The third-order valence-corrected chi connectivity index (χ3v) is 10.00. The van der Waals surface area contributed by atoms with Crippen LogP contribution in [0.15, 0.2) is 120 Å². The fraction of sp³-hybridized carbons (Fsp3) is 0.0952. The molecule has 3 nitrogen and oxygen atoms in total. The van der Waals surface area contributed by atoms with E-state index in [2.05, 4.69) is 116 Å². The van der Waals surface area contributed by atoms with Crippen LogP contribution in [0.4, 0.5) is 5.69 Å². The zero-order valence-electron chi connectivity index (χ0n) is 24.8. The molecule has 2 aliphatic carbocycles. The maximum atomic E-state index is 9.95. The topological polar surface area (TPSA) is 41.3 Å². The van der Waals surface area contributed by atoms with Crippen molar-refractivity contribution in [2.45, 2.75) is 25.2 Å². The van der Waals surface area contributed by atoms with Crippen LogP contribution >= 0.6 is 0 Å². The molecule has 6 aromatic carbocycles. The van der Waals surface area contributed by atoms with E-state index in [9.17, 15) is 5.26 Å². The van der Waals surface area contributed by atoms with E-state index in [-0.39, 0.29) is 11.3 Å². The van der Waals surface area contributed by atoms with Gasteiger partial charge in [-0.2, -0.15) is 5.26 Å². The monoisotopic (exact) mass is 574 g/mol. The summed E-state index contributed by atoms with van der Waals surface area (Å²) in [5, 5.41) is 12.1. The molecule has 9 rings (SSSR count). The van der Waals surface area contributed by atoms with Crippen LogP contribution in [-0.4, -0.2) is 0 Å². The summed E-state index contributed by atoms with van der Waals surface area (Å²) in [6.07, 6.45) is 0. The second-order valence-electron chi connectivity index (χ2n) is 12.7. The average Bonchev–Trinajstić information content (AvgIpc) is 3.69. The first-order valence-electron chi connectivity index (χ1n) is 15.2. The molecule has 0 bridgehead atoms. The lowest BCUT2D eigenvalue weighted by molar-refractivity contribution is 0.620. The maximum absolute atomic E-state index is 9.95. The summed E-state index contributed by atoms with van der Waals surface area (Å²) in [7, 11) is 0. The summed E-state index contributed by atoms with van der Waals surface area (Å²) in [6.45, 7) is 12.2. The molecule has 3 heteroatoms. The number of hydrogen-bond donors (Lipinski definition) is 0. The van der Waals surface area contributed by atoms with E-state index in [1.54, 1.807) is 0 Å². The van der Waals surface area contributed by atoms with Gasteiger partial charge in [0.2, 0.25) is 0 Å². The Balaban J connectivity index is 1.26.